The third-order valence-electron chi connectivity index (χ3n) is 2.24. The maximum Gasteiger partial charge on any atom is 0.528 e. The van der Waals surface area contributed by atoms with Gasteiger partial charge in [0.1, 0.15) is 6.61 Å². The van der Waals surface area contributed by atoms with Gasteiger partial charge in [0.15, 0.2) is 0 Å². The normalized spacial score (nSPS) is 11.4. The van der Waals surface area contributed by atoms with Gasteiger partial charge in [0.25, 0.3) is 10.0 Å². The number of ether oxygens (including phenoxy) is 1. The molecule has 0 spiro atoms. The first kappa shape index (κ1) is 17.9. The second-order valence-corrected chi connectivity index (χ2v) is 6.79. The van der Waals surface area contributed by atoms with Crippen LogP contribution >= 0.6 is 15.9 Å². The van der Waals surface area contributed by atoms with E-state index < -0.39 is 16.2 Å². The van der Waals surface area contributed by atoms with E-state index in [1.807, 2.05) is 13.8 Å². The summed E-state index contributed by atoms with van der Waals surface area (Å²) in [5.74, 6) is 0. The van der Waals surface area contributed by atoms with Crippen molar-refractivity contribution in [3.63, 3.8) is 0 Å². The number of benzene rings is 1. The monoisotopic (exact) mass is 380 g/mol. The Kier molecular flexibility index (Phi) is 7.09. The van der Waals surface area contributed by atoms with Crippen LogP contribution in [-0.2, 0) is 19.6 Å². The molecule has 0 aliphatic carbocycles. The van der Waals surface area contributed by atoms with E-state index in [0.29, 0.717) is 11.0 Å². The van der Waals surface area contributed by atoms with Crippen molar-refractivity contribution in [1.29, 1.82) is 0 Å². The molecule has 0 aromatic heterocycles. The molecular weight excluding hydrogens is 364 g/mol. The van der Waals surface area contributed by atoms with Gasteiger partial charge in [-0.25, -0.2) is 13.2 Å². The number of sulfonamides is 1. The van der Waals surface area contributed by atoms with Crippen LogP contribution in [0.15, 0.2) is 33.6 Å². The molecule has 1 rings (SSSR count). The molecule has 0 bridgehead atoms. The third-order valence-corrected chi connectivity index (χ3v) is 4.43. The summed E-state index contributed by atoms with van der Waals surface area (Å²) in [6.07, 6.45) is -1.11. The lowest BCUT2D eigenvalue weighted by Crippen LogP contribution is -2.31. The highest BCUT2D eigenvalue weighted by atomic mass is 79.9. The summed E-state index contributed by atoms with van der Waals surface area (Å²) in [5.41, 5.74) is 0. The predicted octanol–water partition coefficient (Wildman–Crippen LogP) is 1.79. The first-order chi connectivity index (χ1) is 9.83. The minimum absolute atomic E-state index is 0.0423. The van der Waals surface area contributed by atoms with Gasteiger partial charge in [-0.2, -0.15) is 0 Å². The molecule has 0 unspecified atom stereocenters. The summed E-state index contributed by atoms with van der Waals surface area (Å²) in [6, 6.07) is 6.41. The molecule has 0 saturated heterocycles. The number of rotatable bonds is 7. The Labute approximate surface area is 132 Å². The summed E-state index contributed by atoms with van der Waals surface area (Å²) in [7, 11) is -3.97. The van der Waals surface area contributed by atoms with E-state index in [1.54, 1.807) is 23.1 Å². The Hall–Kier alpha value is -1.16. The molecule has 0 aliphatic rings. The SMILES string of the molecule is CC(C)NCCOC(=O)ONS(=O)(=O)c1ccccc1Br. The summed E-state index contributed by atoms with van der Waals surface area (Å²) >= 11 is 3.10. The van der Waals surface area contributed by atoms with Gasteiger partial charge in [-0.15, -0.1) is 0 Å². The Morgan fingerprint density at radius 2 is 2.00 bits per heavy atom. The van der Waals surface area contributed by atoms with Crippen LogP contribution in [0.1, 0.15) is 13.8 Å². The lowest BCUT2D eigenvalue weighted by atomic mass is 10.4. The second-order valence-electron chi connectivity index (χ2n) is 4.33. The molecule has 0 heterocycles. The molecule has 0 atom stereocenters. The lowest BCUT2D eigenvalue weighted by Gasteiger charge is -2.10. The van der Waals surface area contributed by atoms with E-state index in [1.165, 1.54) is 6.07 Å². The Bertz CT molecular complexity index is 577. The average Bonchev–Trinajstić information content (AvgIpc) is 2.41. The summed E-state index contributed by atoms with van der Waals surface area (Å²) < 4.78 is 28.8. The molecule has 1 aromatic carbocycles. The Morgan fingerprint density at radius 1 is 1.33 bits per heavy atom. The largest absolute Gasteiger partial charge is 0.528 e. The van der Waals surface area contributed by atoms with Gasteiger partial charge in [-0.3, -0.25) is 0 Å². The summed E-state index contributed by atoms with van der Waals surface area (Å²) in [6.45, 7) is 4.42. The number of carbonyl (C=O) groups excluding carboxylic acids is 1. The summed E-state index contributed by atoms with van der Waals surface area (Å²) in [5, 5.41) is 3.03. The Morgan fingerprint density at radius 3 is 2.62 bits per heavy atom. The molecular formula is C12H17BrN2O5S. The van der Waals surface area contributed by atoms with Crippen molar-refractivity contribution in [1.82, 2.24) is 10.2 Å². The van der Waals surface area contributed by atoms with E-state index >= 15 is 0 Å². The first-order valence-electron chi connectivity index (χ1n) is 6.16. The van der Waals surface area contributed by atoms with Gasteiger partial charge in [0, 0.05) is 17.1 Å². The highest BCUT2D eigenvalue weighted by Gasteiger charge is 2.19. The van der Waals surface area contributed by atoms with Crippen LogP contribution in [0, 0.1) is 0 Å². The minimum atomic E-state index is -3.97. The molecule has 0 amide bonds. The number of carbonyl (C=O) groups is 1. The van der Waals surface area contributed by atoms with Crippen molar-refractivity contribution in [3.05, 3.63) is 28.7 Å². The summed E-state index contributed by atoms with van der Waals surface area (Å²) in [4.78, 5) is 17.3. The molecule has 1 aromatic rings. The van der Waals surface area contributed by atoms with Gasteiger partial charge in [-0.1, -0.05) is 26.0 Å². The first-order valence-corrected chi connectivity index (χ1v) is 8.44. The predicted molar refractivity (Wildman–Crippen MR) is 80.0 cm³/mol. The van der Waals surface area contributed by atoms with Gasteiger partial charge in [-0.05, 0) is 32.9 Å². The number of halogens is 1. The number of hydrogen-bond donors (Lipinski definition) is 2. The van der Waals surface area contributed by atoms with Crippen LogP contribution in [0.4, 0.5) is 4.79 Å². The molecule has 118 valence electrons. The molecule has 0 aliphatic heterocycles. The maximum absolute atomic E-state index is 11.9. The second kappa shape index (κ2) is 8.32. The zero-order valence-corrected chi connectivity index (χ0v) is 14.0. The molecule has 0 radical (unpaired) electrons. The molecule has 0 saturated carbocycles. The van der Waals surface area contributed by atoms with Gasteiger partial charge in [0.05, 0.1) is 4.90 Å². The van der Waals surface area contributed by atoms with Crippen LogP contribution in [0.5, 0.6) is 0 Å². The highest BCUT2D eigenvalue weighted by molar-refractivity contribution is 9.10. The molecule has 9 heteroatoms. The van der Waals surface area contributed by atoms with Gasteiger partial charge in [0.2, 0.25) is 0 Å². The molecule has 2 N–H and O–H groups in total. The standard InChI is InChI=1S/C12H17BrN2O5S/c1-9(2)14-7-8-19-12(16)20-15-21(17,18)11-6-4-3-5-10(11)13/h3-6,9,14-15H,7-8H2,1-2H3. The van der Waals surface area contributed by atoms with Crippen molar-refractivity contribution < 1.29 is 22.8 Å². The van der Waals surface area contributed by atoms with E-state index in [2.05, 4.69) is 26.1 Å². The molecule has 7 nitrogen and oxygen atoms in total. The zero-order chi connectivity index (χ0) is 15.9. The third kappa shape index (κ3) is 6.42. The smallest absolute Gasteiger partial charge is 0.432 e. The topological polar surface area (TPSA) is 93.7 Å². The fraction of sp³-hybridized carbons (Fsp3) is 0.417. The van der Waals surface area contributed by atoms with E-state index in [-0.39, 0.29) is 17.5 Å². The van der Waals surface area contributed by atoms with E-state index in [4.69, 9.17) is 4.74 Å². The van der Waals surface area contributed by atoms with Crippen LogP contribution in [-0.4, -0.2) is 33.8 Å². The Balaban J connectivity index is 2.44. The quantitative estimate of drug-likeness (QED) is 0.425. The maximum atomic E-state index is 11.9. The van der Waals surface area contributed by atoms with E-state index in [9.17, 15) is 13.2 Å². The highest BCUT2D eigenvalue weighted by Crippen LogP contribution is 2.20. The van der Waals surface area contributed by atoms with Gasteiger partial charge >= 0.3 is 6.16 Å². The minimum Gasteiger partial charge on any atom is -0.432 e. The van der Waals surface area contributed by atoms with E-state index in [0.717, 1.165) is 0 Å². The van der Waals surface area contributed by atoms with Crippen LogP contribution in [0.2, 0.25) is 0 Å². The molecule has 0 fully saturated rings. The van der Waals surface area contributed by atoms with Crippen molar-refractivity contribution in [2.24, 2.45) is 0 Å². The fourth-order valence-corrected chi connectivity index (χ4v) is 3.08. The molecule has 21 heavy (non-hydrogen) atoms. The van der Waals surface area contributed by atoms with Crippen LogP contribution < -0.4 is 10.2 Å². The van der Waals surface area contributed by atoms with Gasteiger partial charge < -0.3 is 14.9 Å². The van der Waals surface area contributed by atoms with Crippen LogP contribution in [0.25, 0.3) is 0 Å². The average molecular weight is 381 g/mol. The van der Waals surface area contributed by atoms with Crippen molar-refractivity contribution in [2.75, 3.05) is 13.2 Å². The van der Waals surface area contributed by atoms with Crippen LogP contribution in [0.3, 0.4) is 0 Å². The van der Waals surface area contributed by atoms with Crippen molar-refractivity contribution in [2.45, 2.75) is 24.8 Å². The number of nitrogens with one attached hydrogen (secondary N) is 2. The number of hydrogen-bond acceptors (Lipinski definition) is 6. The van der Waals surface area contributed by atoms with Crippen molar-refractivity contribution >= 4 is 32.1 Å². The zero-order valence-electron chi connectivity index (χ0n) is 11.6. The fourth-order valence-electron chi connectivity index (χ4n) is 1.31. The van der Waals surface area contributed by atoms with Crippen molar-refractivity contribution in [3.8, 4) is 0 Å². The lowest BCUT2D eigenvalue weighted by molar-refractivity contribution is 0.0397.